The summed E-state index contributed by atoms with van der Waals surface area (Å²) in [6, 6.07) is 5.87. The van der Waals surface area contributed by atoms with Gasteiger partial charge in [0.1, 0.15) is 11.5 Å². The summed E-state index contributed by atoms with van der Waals surface area (Å²) in [6.07, 6.45) is 0. The molecule has 0 unspecified atom stereocenters. The number of likely N-dealkylation sites (N-methyl/N-ethyl adjacent to an activating group) is 1. The first kappa shape index (κ1) is 14.9. The molecule has 1 aliphatic heterocycles. The molecule has 0 amide bonds. The molecule has 5 heteroatoms. The van der Waals surface area contributed by atoms with Crippen LogP contribution in [0.15, 0.2) is 18.2 Å². The second-order valence-electron chi connectivity index (χ2n) is 5.17. The molecule has 0 saturated carbocycles. The number of nitrogens with zero attached hydrogens (tertiary/aromatic N) is 2. The molecule has 1 aliphatic rings. The number of hydrogen-bond acceptors (Lipinski definition) is 5. The van der Waals surface area contributed by atoms with E-state index >= 15 is 0 Å². The number of nitrogens with one attached hydrogen (secondary N) is 1. The molecule has 1 N–H and O–H groups in total. The van der Waals surface area contributed by atoms with E-state index in [4.69, 9.17) is 9.47 Å². The van der Waals surface area contributed by atoms with Crippen LogP contribution in [0.25, 0.3) is 0 Å². The first-order valence-electron chi connectivity index (χ1n) is 7.09. The smallest absolute Gasteiger partial charge is 0.124 e. The third-order valence-electron chi connectivity index (χ3n) is 3.70. The minimum atomic E-state index is 0.812. The Bertz CT molecular complexity index is 395. The van der Waals surface area contributed by atoms with Crippen molar-refractivity contribution in [2.24, 2.45) is 0 Å². The summed E-state index contributed by atoms with van der Waals surface area (Å²) in [5, 5.41) is 3.44. The lowest BCUT2D eigenvalue weighted by Crippen LogP contribution is -2.45. The molecule has 20 heavy (non-hydrogen) atoms. The summed E-state index contributed by atoms with van der Waals surface area (Å²) < 4.78 is 10.5. The van der Waals surface area contributed by atoms with E-state index in [1.54, 1.807) is 14.2 Å². The molecule has 0 radical (unpaired) electrons. The predicted molar refractivity (Wildman–Crippen MR) is 82.0 cm³/mol. The van der Waals surface area contributed by atoms with Gasteiger partial charge in [0.25, 0.3) is 0 Å². The highest BCUT2D eigenvalue weighted by Crippen LogP contribution is 2.25. The van der Waals surface area contributed by atoms with E-state index in [0.29, 0.717) is 0 Å². The molecule has 2 rings (SSSR count). The van der Waals surface area contributed by atoms with Crippen molar-refractivity contribution in [3.05, 3.63) is 18.2 Å². The highest BCUT2D eigenvalue weighted by molar-refractivity contribution is 5.53. The molecule has 1 aromatic rings. The first-order chi connectivity index (χ1) is 9.71. The molecule has 1 saturated heterocycles. The van der Waals surface area contributed by atoms with Gasteiger partial charge in [-0.2, -0.15) is 0 Å². The number of hydrogen-bond donors (Lipinski definition) is 1. The minimum Gasteiger partial charge on any atom is -0.497 e. The van der Waals surface area contributed by atoms with E-state index in [1.807, 2.05) is 18.2 Å². The van der Waals surface area contributed by atoms with Crippen molar-refractivity contribution in [2.45, 2.75) is 0 Å². The highest BCUT2D eigenvalue weighted by Gasteiger charge is 2.12. The van der Waals surface area contributed by atoms with Gasteiger partial charge in [0.15, 0.2) is 0 Å². The third kappa shape index (κ3) is 4.28. The Labute approximate surface area is 121 Å². The maximum Gasteiger partial charge on any atom is 0.124 e. The normalized spacial score (nSPS) is 16.9. The van der Waals surface area contributed by atoms with Crippen LogP contribution in [0.4, 0.5) is 5.69 Å². The van der Waals surface area contributed by atoms with Crippen LogP contribution in [0, 0.1) is 0 Å². The quantitative estimate of drug-likeness (QED) is 0.851. The van der Waals surface area contributed by atoms with Gasteiger partial charge in [0.05, 0.1) is 14.2 Å². The fourth-order valence-electron chi connectivity index (χ4n) is 2.34. The van der Waals surface area contributed by atoms with E-state index < -0.39 is 0 Å². The van der Waals surface area contributed by atoms with Crippen LogP contribution in [-0.2, 0) is 0 Å². The molecule has 1 fully saturated rings. The Morgan fingerprint density at radius 2 is 1.60 bits per heavy atom. The van der Waals surface area contributed by atoms with Gasteiger partial charge < -0.3 is 19.7 Å². The molecular formula is C15H25N3O2. The van der Waals surface area contributed by atoms with Gasteiger partial charge in [0, 0.05) is 63.2 Å². The maximum absolute atomic E-state index is 5.27. The lowest BCUT2D eigenvalue weighted by molar-refractivity contribution is 0.158. The SMILES string of the molecule is COc1cc(NCCN2CCN(C)CC2)cc(OC)c1. The Kier molecular flexibility index (Phi) is 5.49. The second kappa shape index (κ2) is 7.36. The van der Waals surface area contributed by atoms with Crippen molar-refractivity contribution in [2.75, 3.05) is 65.9 Å². The van der Waals surface area contributed by atoms with E-state index in [0.717, 1.165) is 56.5 Å². The van der Waals surface area contributed by atoms with Crippen molar-refractivity contribution < 1.29 is 9.47 Å². The summed E-state index contributed by atoms with van der Waals surface area (Å²) in [6.45, 7) is 6.62. The Balaban J connectivity index is 1.81. The fourth-order valence-corrected chi connectivity index (χ4v) is 2.34. The van der Waals surface area contributed by atoms with E-state index in [2.05, 4.69) is 22.2 Å². The molecule has 5 nitrogen and oxygen atoms in total. The second-order valence-corrected chi connectivity index (χ2v) is 5.17. The van der Waals surface area contributed by atoms with Crippen LogP contribution in [-0.4, -0.2) is 70.3 Å². The number of ether oxygens (including phenoxy) is 2. The van der Waals surface area contributed by atoms with Gasteiger partial charge in [-0.1, -0.05) is 0 Å². The topological polar surface area (TPSA) is 37.0 Å². The van der Waals surface area contributed by atoms with Crippen LogP contribution in [0.1, 0.15) is 0 Å². The fraction of sp³-hybridized carbons (Fsp3) is 0.600. The Hall–Kier alpha value is -1.46. The lowest BCUT2D eigenvalue weighted by Gasteiger charge is -2.32. The van der Waals surface area contributed by atoms with E-state index in [1.165, 1.54) is 0 Å². The number of methoxy groups -OCH3 is 2. The highest BCUT2D eigenvalue weighted by atomic mass is 16.5. The summed E-state index contributed by atoms with van der Waals surface area (Å²) in [4.78, 5) is 4.86. The number of anilines is 1. The average Bonchev–Trinajstić information content (AvgIpc) is 2.49. The molecule has 0 aromatic heterocycles. The molecule has 112 valence electrons. The predicted octanol–water partition coefficient (Wildman–Crippen LogP) is 1.36. The van der Waals surface area contributed by atoms with Crippen molar-refractivity contribution in [1.82, 2.24) is 9.80 Å². The number of piperazine rings is 1. The maximum atomic E-state index is 5.27. The Morgan fingerprint density at radius 3 is 2.15 bits per heavy atom. The van der Waals surface area contributed by atoms with Crippen LogP contribution in [0.3, 0.4) is 0 Å². The standard InChI is InChI=1S/C15H25N3O2/c1-17-6-8-18(9-7-17)5-4-16-13-10-14(19-2)12-15(11-13)20-3/h10-12,16H,4-9H2,1-3H3. The van der Waals surface area contributed by atoms with E-state index in [-0.39, 0.29) is 0 Å². The molecular weight excluding hydrogens is 254 g/mol. The van der Waals surface area contributed by atoms with Gasteiger partial charge in [-0.05, 0) is 7.05 Å². The van der Waals surface area contributed by atoms with Crippen LogP contribution in [0.5, 0.6) is 11.5 Å². The summed E-state index contributed by atoms with van der Waals surface area (Å²) in [5.41, 5.74) is 1.04. The van der Waals surface area contributed by atoms with Crippen molar-refractivity contribution in [3.8, 4) is 11.5 Å². The van der Waals surface area contributed by atoms with Gasteiger partial charge in [-0.25, -0.2) is 0 Å². The summed E-state index contributed by atoms with van der Waals surface area (Å²) >= 11 is 0. The zero-order valence-electron chi connectivity index (χ0n) is 12.7. The number of rotatable bonds is 6. The molecule has 1 heterocycles. The van der Waals surface area contributed by atoms with Gasteiger partial charge in [-0.3, -0.25) is 4.90 Å². The van der Waals surface area contributed by atoms with E-state index in [9.17, 15) is 0 Å². The lowest BCUT2D eigenvalue weighted by atomic mass is 10.2. The number of benzene rings is 1. The first-order valence-corrected chi connectivity index (χ1v) is 7.09. The minimum absolute atomic E-state index is 0.812. The summed E-state index contributed by atoms with van der Waals surface area (Å²) in [5.74, 6) is 1.62. The monoisotopic (exact) mass is 279 g/mol. The Morgan fingerprint density at radius 1 is 1.00 bits per heavy atom. The zero-order chi connectivity index (χ0) is 14.4. The van der Waals surface area contributed by atoms with Crippen LogP contribution in [0.2, 0.25) is 0 Å². The average molecular weight is 279 g/mol. The molecule has 0 atom stereocenters. The van der Waals surface area contributed by atoms with Crippen molar-refractivity contribution in [1.29, 1.82) is 0 Å². The molecule has 0 spiro atoms. The van der Waals surface area contributed by atoms with Gasteiger partial charge in [-0.15, -0.1) is 0 Å². The van der Waals surface area contributed by atoms with Crippen LogP contribution < -0.4 is 14.8 Å². The van der Waals surface area contributed by atoms with Crippen LogP contribution >= 0.6 is 0 Å². The zero-order valence-corrected chi connectivity index (χ0v) is 12.7. The molecule has 0 aliphatic carbocycles. The van der Waals surface area contributed by atoms with Crippen molar-refractivity contribution in [3.63, 3.8) is 0 Å². The largest absolute Gasteiger partial charge is 0.497 e. The summed E-state index contributed by atoms with van der Waals surface area (Å²) in [7, 11) is 5.52. The molecule has 1 aromatic carbocycles. The van der Waals surface area contributed by atoms with Gasteiger partial charge >= 0.3 is 0 Å². The molecule has 0 bridgehead atoms. The third-order valence-corrected chi connectivity index (χ3v) is 3.70. The van der Waals surface area contributed by atoms with Gasteiger partial charge in [0.2, 0.25) is 0 Å². The van der Waals surface area contributed by atoms with Crippen molar-refractivity contribution >= 4 is 5.69 Å².